The van der Waals surface area contributed by atoms with E-state index >= 15 is 0 Å². The Morgan fingerprint density at radius 1 is 0.968 bits per heavy atom. The molecule has 3 rings (SSSR count). The zero-order valence-electron chi connectivity index (χ0n) is 17.4. The van der Waals surface area contributed by atoms with Gasteiger partial charge in [0.15, 0.2) is 0 Å². The Hall–Kier alpha value is -4.20. The third-order valence-corrected chi connectivity index (χ3v) is 4.62. The number of amides is 2. The van der Waals surface area contributed by atoms with E-state index in [9.17, 15) is 14.4 Å². The van der Waals surface area contributed by atoms with E-state index in [-0.39, 0.29) is 0 Å². The van der Waals surface area contributed by atoms with Crippen LogP contribution in [-0.2, 0) is 14.3 Å². The molecular weight excluding hydrogens is 396 g/mol. The number of anilines is 1. The summed E-state index contributed by atoms with van der Waals surface area (Å²) in [7, 11) is 1.28. The predicted molar refractivity (Wildman–Crippen MR) is 117 cm³/mol. The van der Waals surface area contributed by atoms with Gasteiger partial charge in [-0.25, -0.2) is 10.2 Å². The Balaban J connectivity index is 1.61. The van der Waals surface area contributed by atoms with Crippen LogP contribution in [0.2, 0.25) is 0 Å². The molecule has 0 aliphatic heterocycles. The van der Waals surface area contributed by atoms with E-state index in [4.69, 9.17) is 0 Å². The van der Waals surface area contributed by atoms with Crippen molar-refractivity contribution in [3.8, 4) is 5.69 Å². The number of rotatable bonds is 5. The largest absolute Gasteiger partial charge is 0.465 e. The minimum atomic E-state index is -0.912. The summed E-state index contributed by atoms with van der Waals surface area (Å²) in [5, 5.41) is 6.34. The monoisotopic (exact) mass is 418 g/mol. The van der Waals surface area contributed by atoms with Gasteiger partial charge in [-0.05, 0) is 56.3 Å². The maximum Gasteiger partial charge on any atom is 0.337 e. The molecule has 31 heavy (non-hydrogen) atoms. The Morgan fingerprint density at radius 2 is 1.65 bits per heavy atom. The number of aryl methyl sites for hydroxylation is 1. The third-order valence-electron chi connectivity index (χ3n) is 4.62. The fourth-order valence-corrected chi connectivity index (χ4v) is 3.10. The predicted octanol–water partition coefficient (Wildman–Crippen LogP) is 2.97. The van der Waals surface area contributed by atoms with Crippen LogP contribution in [0.3, 0.4) is 0 Å². The van der Waals surface area contributed by atoms with Gasteiger partial charge in [-0.2, -0.15) is 5.10 Å². The maximum atomic E-state index is 12.0. The number of benzene rings is 2. The van der Waals surface area contributed by atoms with Gasteiger partial charge in [-0.3, -0.25) is 9.59 Å². The number of esters is 1. The first-order chi connectivity index (χ1) is 14.9. The average Bonchev–Trinajstić information content (AvgIpc) is 3.07. The molecule has 0 aliphatic carbocycles. The van der Waals surface area contributed by atoms with Gasteiger partial charge in [0, 0.05) is 28.3 Å². The van der Waals surface area contributed by atoms with Gasteiger partial charge in [0.1, 0.15) is 0 Å². The first kappa shape index (κ1) is 21.5. The molecule has 0 unspecified atom stereocenters. The second-order valence-electron chi connectivity index (χ2n) is 6.72. The molecule has 0 saturated carbocycles. The van der Waals surface area contributed by atoms with E-state index < -0.39 is 17.8 Å². The highest BCUT2D eigenvalue weighted by molar-refractivity contribution is 6.39. The van der Waals surface area contributed by atoms with Crippen molar-refractivity contribution in [1.29, 1.82) is 0 Å². The molecule has 8 nitrogen and oxygen atoms in total. The molecule has 0 aliphatic rings. The van der Waals surface area contributed by atoms with Crippen LogP contribution < -0.4 is 10.7 Å². The number of aromatic nitrogens is 1. The highest BCUT2D eigenvalue weighted by Crippen LogP contribution is 2.19. The third kappa shape index (κ3) is 5.05. The molecule has 2 N–H and O–H groups in total. The van der Waals surface area contributed by atoms with Crippen molar-refractivity contribution in [1.82, 2.24) is 9.99 Å². The quantitative estimate of drug-likeness (QED) is 0.288. The summed E-state index contributed by atoms with van der Waals surface area (Å²) >= 11 is 0. The summed E-state index contributed by atoms with van der Waals surface area (Å²) in [4.78, 5) is 35.5. The van der Waals surface area contributed by atoms with Gasteiger partial charge in [-0.15, -0.1) is 0 Å². The van der Waals surface area contributed by atoms with E-state index in [0.717, 1.165) is 22.6 Å². The highest BCUT2D eigenvalue weighted by atomic mass is 16.5. The van der Waals surface area contributed by atoms with Gasteiger partial charge in [0.05, 0.1) is 18.9 Å². The van der Waals surface area contributed by atoms with Crippen molar-refractivity contribution in [3.63, 3.8) is 0 Å². The summed E-state index contributed by atoms with van der Waals surface area (Å²) in [6, 6.07) is 17.8. The molecule has 2 aromatic carbocycles. The summed E-state index contributed by atoms with van der Waals surface area (Å²) in [5.74, 6) is -2.28. The Labute approximate surface area is 179 Å². The Kier molecular flexibility index (Phi) is 6.61. The van der Waals surface area contributed by atoms with Gasteiger partial charge in [0.2, 0.25) is 0 Å². The van der Waals surface area contributed by atoms with Crippen molar-refractivity contribution in [2.24, 2.45) is 5.10 Å². The van der Waals surface area contributed by atoms with Crippen LogP contribution >= 0.6 is 0 Å². The van der Waals surface area contributed by atoms with Crippen LogP contribution in [0.15, 0.2) is 65.8 Å². The number of hydrogen-bond donors (Lipinski definition) is 2. The molecule has 1 heterocycles. The van der Waals surface area contributed by atoms with Crippen LogP contribution in [-0.4, -0.2) is 35.7 Å². The number of carbonyl (C=O) groups excluding carboxylic acids is 3. The molecule has 1 aromatic heterocycles. The molecule has 2 amide bonds. The standard InChI is InChI=1S/C23H22N4O4/c1-15-13-18(16(2)27(15)20-7-5-4-6-8-20)14-24-26-22(29)21(28)25-19-11-9-17(10-12-19)23(30)31-3/h4-14H,1-3H3,(H,25,28)(H,26,29)/b24-14-. The lowest BCUT2D eigenvalue weighted by Crippen LogP contribution is -2.32. The summed E-state index contributed by atoms with van der Waals surface area (Å²) in [5.41, 5.74) is 6.74. The van der Waals surface area contributed by atoms with Crippen molar-refractivity contribution in [2.45, 2.75) is 13.8 Å². The van der Waals surface area contributed by atoms with E-state index in [1.54, 1.807) is 0 Å². The smallest absolute Gasteiger partial charge is 0.337 e. The second-order valence-corrected chi connectivity index (χ2v) is 6.72. The van der Waals surface area contributed by atoms with Crippen LogP contribution in [0, 0.1) is 13.8 Å². The number of ether oxygens (including phenoxy) is 1. The Morgan fingerprint density at radius 3 is 2.29 bits per heavy atom. The minimum absolute atomic E-state index is 0.336. The van der Waals surface area contributed by atoms with Gasteiger partial charge in [-0.1, -0.05) is 18.2 Å². The summed E-state index contributed by atoms with van der Waals surface area (Å²) in [6.45, 7) is 3.93. The number of nitrogens with zero attached hydrogens (tertiary/aromatic N) is 2. The zero-order chi connectivity index (χ0) is 22.4. The van der Waals surface area contributed by atoms with E-state index in [2.05, 4.69) is 25.1 Å². The lowest BCUT2D eigenvalue weighted by Gasteiger charge is -2.09. The van der Waals surface area contributed by atoms with Crippen molar-refractivity contribution >= 4 is 29.7 Å². The molecule has 0 bridgehead atoms. The van der Waals surface area contributed by atoms with E-state index in [0.29, 0.717) is 11.3 Å². The fourth-order valence-electron chi connectivity index (χ4n) is 3.10. The summed E-state index contributed by atoms with van der Waals surface area (Å²) < 4.78 is 6.69. The number of carbonyl (C=O) groups is 3. The summed E-state index contributed by atoms with van der Waals surface area (Å²) in [6.07, 6.45) is 1.50. The van der Waals surface area contributed by atoms with Crippen LogP contribution in [0.1, 0.15) is 27.3 Å². The van der Waals surface area contributed by atoms with Crippen molar-refractivity contribution < 1.29 is 19.1 Å². The molecule has 8 heteroatoms. The number of hydrazone groups is 1. The van der Waals surface area contributed by atoms with E-state index in [1.165, 1.54) is 37.6 Å². The lowest BCUT2D eigenvalue weighted by atomic mass is 10.2. The normalized spacial score (nSPS) is 10.7. The molecule has 0 fully saturated rings. The maximum absolute atomic E-state index is 12.0. The molecule has 0 radical (unpaired) electrons. The first-order valence-electron chi connectivity index (χ1n) is 9.48. The number of nitrogens with one attached hydrogen (secondary N) is 2. The van der Waals surface area contributed by atoms with Gasteiger partial charge < -0.3 is 14.6 Å². The lowest BCUT2D eigenvalue weighted by molar-refractivity contribution is -0.136. The van der Waals surface area contributed by atoms with E-state index in [1.807, 2.05) is 50.2 Å². The van der Waals surface area contributed by atoms with Crippen molar-refractivity contribution in [2.75, 3.05) is 12.4 Å². The SMILES string of the molecule is COC(=O)c1ccc(NC(=O)C(=O)N/N=C\c2cc(C)n(-c3ccccc3)c2C)cc1. The second kappa shape index (κ2) is 9.53. The van der Waals surface area contributed by atoms with Crippen LogP contribution in [0.4, 0.5) is 5.69 Å². The minimum Gasteiger partial charge on any atom is -0.465 e. The number of methoxy groups -OCH3 is 1. The zero-order valence-corrected chi connectivity index (χ0v) is 17.4. The van der Waals surface area contributed by atoms with Gasteiger partial charge in [0.25, 0.3) is 0 Å². The molecular formula is C23H22N4O4. The molecule has 0 saturated heterocycles. The molecule has 0 atom stereocenters. The number of hydrogen-bond acceptors (Lipinski definition) is 5. The van der Waals surface area contributed by atoms with Crippen molar-refractivity contribution in [3.05, 3.63) is 83.2 Å². The first-order valence-corrected chi connectivity index (χ1v) is 9.48. The topological polar surface area (TPSA) is 102 Å². The fraction of sp³-hybridized carbons (Fsp3) is 0.130. The molecule has 0 spiro atoms. The molecule has 3 aromatic rings. The van der Waals surface area contributed by atoms with Gasteiger partial charge >= 0.3 is 17.8 Å². The Bertz CT molecular complexity index is 1130. The average molecular weight is 418 g/mol. The highest BCUT2D eigenvalue weighted by Gasteiger charge is 2.14. The van der Waals surface area contributed by atoms with Crippen LogP contribution in [0.25, 0.3) is 5.69 Å². The van der Waals surface area contributed by atoms with Crippen LogP contribution in [0.5, 0.6) is 0 Å². The number of para-hydroxylation sites is 1. The molecule has 158 valence electrons.